The van der Waals surface area contributed by atoms with Crippen molar-refractivity contribution in [2.24, 2.45) is 5.73 Å². The van der Waals surface area contributed by atoms with Crippen molar-refractivity contribution >= 4 is 0 Å². The Morgan fingerprint density at radius 2 is 0.800 bits per heavy atom. The van der Waals surface area contributed by atoms with Crippen LogP contribution in [-0.4, -0.2) is 18.4 Å². The standard InChI is InChI=1S/C17H37NO2/c18-16-14-12-10-8-6-4-2-1-3-5-7-9-11-13-15-17-20-19/h19H,1-18H2. The molecule has 0 aliphatic carbocycles. The summed E-state index contributed by atoms with van der Waals surface area (Å²) >= 11 is 0. The maximum Gasteiger partial charge on any atom is 0.0819 e. The third-order valence-corrected chi connectivity index (χ3v) is 3.94. The minimum atomic E-state index is 0.492. The fourth-order valence-electron chi connectivity index (χ4n) is 2.61. The molecule has 122 valence electrons. The molecule has 3 heteroatoms. The lowest BCUT2D eigenvalue weighted by molar-refractivity contribution is -0.242. The molecule has 0 aromatic heterocycles. The summed E-state index contributed by atoms with van der Waals surface area (Å²) in [6.45, 7) is 1.35. The molecule has 3 nitrogen and oxygen atoms in total. The van der Waals surface area contributed by atoms with Gasteiger partial charge in [-0.1, -0.05) is 83.5 Å². The molecule has 0 amide bonds. The van der Waals surface area contributed by atoms with Crippen LogP contribution in [0.5, 0.6) is 0 Å². The number of unbranched alkanes of at least 4 members (excludes halogenated alkanes) is 14. The molecule has 0 bridgehead atoms. The Morgan fingerprint density at radius 1 is 0.500 bits per heavy atom. The maximum atomic E-state index is 8.18. The van der Waals surface area contributed by atoms with Gasteiger partial charge >= 0.3 is 0 Å². The lowest BCUT2D eigenvalue weighted by Crippen LogP contribution is -1.97. The Hall–Kier alpha value is -0.120. The first kappa shape index (κ1) is 19.9. The molecule has 0 rings (SSSR count). The van der Waals surface area contributed by atoms with E-state index in [4.69, 9.17) is 11.0 Å². The van der Waals surface area contributed by atoms with Gasteiger partial charge in [0.05, 0.1) is 6.61 Å². The molecule has 0 aromatic carbocycles. The normalized spacial score (nSPS) is 11.1. The number of rotatable bonds is 17. The van der Waals surface area contributed by atoms with Crippen molar-refractivity contribution in [2.45, 2.75) is 96.3 Å². The highest BCUT2D eigenvalue weighted by molar-refractivity contribution is 4.50. The topological polar surface area (TPSA) is 55.5 Å². The molecule has 3 N–H and O–H groups in total. The number of hydrogen-bond acceptors (Lipinski definition) is 3. The average Bonchev–Trinajstić information content (AvgIpc) is 2.47. The van der Waals surface area contributed by atoms with E-state index in [2.05, 4.69) is 4.89 Å². The van der Waals surface area contributed by atoms with Crippen molar-refractivity contribution < 1.29 is 10.1 Å². The van der Waals surface area contributed by atoms with Gasteiger partial charge in [-0.2, -0.15) is 0 Å². The highest BCUT2D eigenvalue weighted by Crippen LogP contribution is 2.13. The largest absolute Gasteiger partial charge is 0.330 e. The van der Waals surface area contributed by atoms with Gasteiger partial charge in [-0.05, 0) is 19.4 Å². The minimum Gasteiger partial charge on any atom is -0.330 e. The van der Waals surface area contributed by atoms with Gasteiger partial charge in [-0.15, -0.1) is 0 Å². The highest BCUT2D eigenvalue weighted by atomic mass is 17.1. The van der Waals surface area contributed by atoms with Gasteiger partial charge in [-0.25, -0.2) is 4.89 Å². The highest BCUT2D eigenvalue weighted by Gasteiger charge is 1.94. The molecule has 0 saturated carbocycles. The van der Waals surface area contributed by atoms with Crippen LogP contribution in [0, 0.1) is 0 Å². The van der Waals surface area contributed by atoms with Crippen LogP contribution in [0.15, 0.2) is 0 Å². The Balaban J connectivity index is 2.89. The van der Waals surface area contributed by atoms with Crippen molar-refractivity contribution in [1.82, 2.24) is 0 Å². The summed E-state index contributed by atoms with van der Waals surface area (Å²) in [7, 11) is 0. The molecule has 0 spiro atoms. The lowest BCUT2D eigenvalue weighted by atomic mass is 10.0. The summed E-state index contributed by atoms with van der Waals surface area (Å²) < 4.78 is 0. The van der Waals surface area contributed by atoms with E-state index >= 15 is 0 Å². The number of nitrogens with two attached hydrogens (primary N) is 1. The smallest absolute Gasteiger partial charge is 0.0819 e. The molecule has 0 fully saturated rings. The predicted molar refractivity (Wildman–Crippen MR) is 86.9 cm³/mol. The van der Waals surface area contributed by atoms with Crippen molar-refractivity contribution in [1.29, 1.82) is 0 Å². The van der Waals surface area contributed by atoms with Crippen LogP contribution in [0.3, 0.4) is 0 Å². The molecule has 20 heavy (non-hydrogen) atoms. The first-order valence-corrected chi connectivity index (χ1v) is 8.88. The third kappa shape index (κ3) is 17.9. The van der Waals surface area contributed by atoms with E-state index in [0.717, 1.165) is 13.0 Å². The first-order chi connectivity index (χ1) is 9.91. The Labute approximate surface area is 126 Å². The van der Waals surface area contributed by atoms with E-state index in [9.17, 15) is 0 Å². The van der Waals surface area contributed by atoms with E-state index in [1.165, 1.54) is 89.9 Å². The molecule has 0 atom stereocenters. The molecule has 0 radical (unpaired) electrons. The second-order valence-corrected chi connectivity index (χ2v) is 5.93. The van der Waals surface area contributed by atoms with Crippen molar-refractivity contribution in [3.05, 3.63) is 0 Å². The quantitative estimate of drug-likeness (QED) is 0.217. The SMILES string of the molecule is NCCCCCCCCCCCCCCCCCOO. The average molecular weight is 287 g/mol. The second kappa shape index (κ2) is 18.9. The fourth-order valence-corrected chi connectivity index (χ4v) is 2.61. The zero-order valence-corrected chi connectivity index (χ0v) is 13.5. The summed E-state index contributed by atoms with van der Waals surface area (Å²) in [6, 6.07) is 0. The van der Waals surface area contributed by atoms with Crippen LogP contribution in [0.25, 0.3) is 0 Å². The summed E-state index contributed by atoms with van der Waals surface area (Å²) in [5.41, 5.74) is 5.47. The molecule has 0 unspecified atom stereocenters. The van der Waals surface area contributed by atoms with Crippen LogP contribution < -0.4 is 5.73 Å². The molecule has 0 aliphatic rings. The van der Waals surface area contributed by atoms with Gasteiger partial charge in [0.25, 0.3) is 0 Å². The molecular weight excluding hydrogens is 250 g/mol. The molecule has 0 heterocycles. The van der Waals surface area contributed by atoms with Crippen molar-refractivity contribution in [2.75, 3.05) is 13.2 Å². The van der Waals surface area contributed by atoms with E-state index in [1.807, 2.05) is 0 Å². The third-order valence-electron chi connectivity index (χ3n) is 3.94. The first-order valence-electron chi connectivity index (χ1n) is 8.88. The van der Waals surface area contributed by atoms with E-state index in [-0.39, 0.29) is 0 Å². The van der Waals surface area contributed by atoms with Crippen LogP contribution in [0.2, 0.25) is 0 Å². The number of hydrogen-bond donors (Lipinski definition) is 2. The van der Waals surface area contributed by atoms with Gasteiger partial charge in [-0.3, -0.25) is 5.26 Å². The Kier molecular flexibility index (Phi) is 18.8. The molecule has 0 saturated heterocycles. The zero-order valence-electron chi connectivity index (χ0n) is 13.5. The maximum absolute atomic E-state index is 8.18. The molecule has 0 aromatic rings. The summed E-state index contributed by atoms with van der Waals surface area (Å²) in [5.74, 6) is 0. The minimum absolute atomic E-state index is 0.492. The van der Waals surface area contributed by atoms with Gasteiger partial charge < -0.3 is 5.73 Å². The lowest BCUT2D eigenvalue weighted by Gasteiger charge is -2.03. The Morgan fingerprint density at radius 3 is 1.10 bits per heavy atom. The van der Waals surface area contributed by atoms with E-state index < -0.39 is 0 Å². The zero-order chi connectivity index (χ0) is 14.7. The molecular formula is C17H37NO2. The van der Waals surface area contributed by atoms with Gasteiger partial charge in [0, 0.05) is 0 Å². The van der Waals surface area contributed by atoms with Crippen LogP contribution in [0.1, 0.15) is 96.3 Å². The monoisotopic (exact) mass is 287 g/mol. The Bertz CT molecular complexity index is 147. The van der Waals surface area contributed by atoms with Crippen molar-refractivity contribution in [3.63, 3.8) is 0 Å². The summed E-state index contributed by atoms with van der Waals surface area (Å²) in [5, 5.41) is 8.18. The summed E-state index contributed by atoms with van der Waals surface area (Å²) in [4.78, 5) is 4.06. The van der Waals surface area contributed by atoms with Crippen LogP contribution in [-0.2, 0) is 4.89 Å². The van der Waals surface area contributed by atoms with Gasteiger partial charge in [0.2, 0.25) is 0 Å². The predicted octanol–water partition coefficient (Wildman–Crippen LogP) is 5.29. The second-order valence-electron chi connectivity index (χ2n) is 5.93. The van der Waals surface area contributed by atoms with E-state index in [1.54, 1.807) is 0 Å². The van der Waals surface area contributed by atoms with Gasteiger partial charge in [0.1, 0.15) is 0 Å². The molecule has 0 aliphatic heterocycles. The van der Waals surface area contributed by atoms with Crippen LogP contribution in [0.4, 0.5) is 0 Å². The van der Waals surface area contributed by atoms with E-state index in [0.29, 0.717) is 6.61 Å². The van der Waals surface area contributed by atoms with Gasteiger partial charge in [0.15, 0.2) is 0 Å². The fraction of sp³-hybridized carbons (Fsp3) is 1.00. The van der Waals surface area contributed by atoms with Crippen LogP contribution >= 0.6 is 0 Å². The summed E-state index contributed by atoms with van der Waals surface area (Å²) in [6.07, 6.45) is 19.9. The van der Waals surface area contributed by atoms with Crippen molar-refractivity contribution in [3.8, 4) is 0 Å².